The lowest BCUT2D eigenvalue weighted by Crippen LogP contribution is -2.22. The second-order valence-electron chi connectivity index (χ2n) is 9.13. The minimum absolute atomic E-state index is 0.0163. The van der Waals surface area contributed by atoms with Gasteiger partial charge >= 0.3 is 0 Å². The number of aryl methyl sites for hydroxylation is 3. The summed E-state index contributed by atoms with van der Waals surface area (Å²) in [6.07, 6.45) is 4.96. The predicted octanol–water partition coefficient (Wildman–Crippen LogP) is 5.13. The minimum atomic E-state index is -0.389. The third kappa shape index (κ3) is 4.72. The van der Waals surface area contributed by atoms with Crippen LogP contribution in [0.4, 0.5) is 0 Å². The van der Waals surface area contributed by atoms with Crippen molar-refractivity contribution in [2.75, 3.05) is 0 Å². The highest BCUT2D eigenvalue weighted by Crippen LogP contribution is 2.27. The number of oxazole rings is 1. The third-order valence-electron chi connectivity index (χ3n) is 5.23. The van der Waals surface area contributed by atoms with Crippen LogP contribution in [0, 0.1) is 20.8 Å². The highest BCUT2D eigenvalue weighted by Gasteiger charge is 2.20. The monoisotopic (exact) mass is 479 g/mol. The highest BCUT2D eigenvalue weighted by atomic mass is 35.5. The molecule has 0 atom stereocenters. The maximum Gasteiger partial charge on any atom is 0.277 e. The molecule has 0 N–H and O–H groups in total. The average molecular weight is 480 g/mol. The van der Waals surface area contributed by atoms with Crippen molar-refractivity contribution < 1.29 is 9.15 Å². The zero-order valence-corrected chi connectivity index (χ0v) is 20.8. The Hall–Kier alpha value is -3.52. The molecule has 0 aliphatic carbocycles. The molecule has 4 aromatic rings. The molecule has 0 saturated heterocycles. The van der Waals surface area contributed by atoms with Gasteiger partial charge in [0.1, 0.15) is 35.2 Å². The number of aromatic nitrogens is 5. The van der Waals surface area contributed by atoms with Crippen molar-refractivity contribution in [2.24, 2.45) is 0 Å². The van der Waals surface area contributed by atoms with Crippen LogP contribution < -0.4 is 10.3 Å². The summed E-state index contributed by atoms with van der Waals surface area (Å²) >= 11 is 6.41. The molecule has 4 heterocycles. The second kappa shape index (κ2) is 9.02. The van der Waals surface area contributed by atoms with Gasteiger partial charge in [0.2, 0.25) is 0 Å². The van der Waals surface area contributed by atoms with E-state index in [9.17, 15) is 4.79 Å². The molecule has 0 saturated carbocycles. The molecule has 176 valence electrons. The van der Waals surface area contributed by atoms with Crippen LogP contribution in [0.2, 0.25) is 5.02 Å². The number of hydrogen-bond donors (Lipinski definition) is 0. The van der Waals surface area contributed by atoms with E-state index in [0.29, 0.717) is 28.7 Å². The molecule has 4 rings (SSSR count). The predicted molar refractivity (Wildman–Crippen MR) is 130 cm³/mol. The van der Waals surface area contributed by atoms with E-state index in [1.807, 2.05) is 19.9 Å². The topological polar surface area (TPSA) is 95.9 Å². The molecule has 0 unspecified atom stereocenters. The number of pyridine rings is 2. The van der Waals surface area contributed by atoms with E-state index in [2.05, 4.69) is 35.7 Å². The fourth-order valence-corrected chi connectivity index (χ4v) is 3.68. The standard InChI is InChI=1S/C25H26ClN5O3/c1-14-11-28-24(25(4,5)6)30-22(14)19-10-18(7-8-27-19)31-15(2)9-20(21(26)23(31)32)34-13-17-12-33-16(3)29-17/h7-12H,13H2,1-6H3. The molecule has 4 aromatic heterocycles. The first-order valence-corrected chi connectivity index (χ1v) is 11.2. The third-order valence-corrected chi connectivity index (χ3v) is 5.58. The van der Waals surface area contributed by atoms with Crippen molar-refractivity contribution in [3.8, 4) is 22.8 Å². The van der Waals surface area contributed by atoms with Gasteiger partial charge in [0.15, 0.2) is 5.89 Å². The fourth-order valence-electron chi connectivity index (χ4n) is 3.48. The van der Waals surface area contributed by atoms with Gasteiger partial charge in [-0.2, -0.15) is 0 Å². The van der Waals surface area contributed by atoms with Crippen LogP contribution in [0.5, 0.6) is 5.75 Å². The number of ether oxygens (including phenoxy) is 1. The molecular weight excluding hydrogens is 454 g/mol. The van der Waals surface area contributed by atoms with Crippen molar-refractivity contribution in [1.29, 1.82) is 0 Å². The lowest BCUT2D eigenvalue weighted by Gasteiger charge is -2.18. The zero-order chi connectivity index (χ0) is 24.6. The lowest BCUT2D eigenvalue weighted by atomic mass is 9.95. The Bertz CT molecular complexity index is 1420. The lowest BCUT2D eigenvalue weighted by molar-refractivity contribution is 0.300. The van der Waals surface area contributed by atoms with Crippen molar-refractivity contribution in [2.45, 2.75) is 53.6 Å². The largest absolute Gasteiger partial charge is 0.485 e. The van der Waals surface area contributed by atoms with Crippen LogP contribution in [0.25, 0.3) is 17.1 Å². The van der Waals surface area contributed by atoms with Crippen LogP contribution in [-0.2, 0) is 12.0 Å². The van der Waals surface area contributed by atoms with Crippen LogP contribution in [0.3, 0.4) is 0 Å². The number of halogens is 1. The van der Waals surface area contributed by atoms with Crippen molar-refractivity contribution >= 4 is 11.6 Å². The van der Waals surface area contributed by atoms with Gasteiger partial charge in [0, 0.05) is 36.5 Å². The molecule has 0 amide bonds. The molecule has 0 fully saturated rings. The van der Waals surface area contributed by atoms with E-state index in [0.717, 1.165) is 17.1 Å². The Labute approximate surface area is 202 Å². The van der Waals surface area contributed by atoms with E-state index in [1.54, 1.807) is 31.5 Å². The molecule has 9 heteroatoms. The molecule has 0 aliphatic rings. The summed E-state index contributed by atoms with van der Waals surface area (Å²) in [5.41, 5.74) is 3.57. The molecule has 34 heavy (non-hydrogen) atoms. The first-order valence-electron chi connectivity index (χ1n) is 10.8. The van der Waals surface area contributed by atoms with Crippen LogP contribution >= 0.6 is 11.6 Å². The van der Waals surface area contributed by atoms with Gasteiger partial charge in [-0.1, -0.05) is 32.4 Å². The molecule has 0 bridgehead atoms. The Kier molecular flexibility index (Phi) is 6.27. The smallest absolute Gasteiger partial charge is 0.277 e. The Morgan fingerprint density at radius 3 is 2.56 bits per heavy atom. The Morgan fingerprint density at radius 2 is 1.88 bits per heavy atom. The normalized spacial score (nSPS) is 11.6. The summed E-state index contributed by atoms with van der Waals surface area (Å²) < 4.78 is 12.5. The summed E-state index contributed by atoms with van der Waals surface area (Å²) in [5.74, 6) is 1.55. The first kappa shape index (κ1) is 23.6. The first-order chi connectivity index (χ1) is 16.0. The summed E-state index contributed by atoms with van der Waals surface area (Å²) in [4.78, 5) is 31.1. The number of nitrogens with zero attached hydrogens (tertiary/aromatic N) is 5. The summed E-state index contributed by atoms with van der Waals surface area (Å²) in [6, 6.07) is 5.31. The van der Waals surface area contributed by atoms with Crippen LogP contribution in [0.1, 0.15) is 49.4 Å². The van der Waals surface area contributed by atoms with Crippen molar-refractivity contribution in [3.05, 3.63) is 80.9 Å². The summed E-state index contributed by atoms with van der Waals surface area (Å²) in [5, 5.41) is -0.0163. The van der Waals surface area contributed by atoms with Gasteiger partial charge in [-0.15, -0.1) is 0 Å². The Morgan fingerprint density at radius 1 is 1.12 bits per heavy atom. The molecule has 0 radical (unpaired) electrons. The summed E-state index contributed by atoms with van der Waals surface area (Å²) in [6.45, 7) is 11.8. The second-order valence-corrected chi connectivity index (χ2v) is 9.50. The molecule has 0 spiro atoms. The Balaban J connectivity index is 1.72. The van der Waals surface area contributed by atoms with E-state index >= 15 is 0 Å². The SMILES string of the molecule is Cc1nc(COc2cc(C)n(-c3ccnc(-c4nc(C(C)(C)C)ncc4C)c3)c(=O)c2Cl)co1. The quantitative estimate of drug-likeness (QED) is 0.391. The maximum atomic E-state index is 13.2. The maximum absolute atomic E-state index is 13.2. The average Bonchev–Trinajstić information content (AvgIpc) is 3.20. The van der Waals surface area contributed by atoms with E-state index in [-0.39, 0.29) is 28.4 Å². The molecule has 0 aromatic carbocycles. The fraction of sp³-hybridized carbons (Fsp3) is 0.320. The van der Waals surface area contributed by atoms with E-state index in [4.69, 9.17) is 25.7 Å². The van der Waals surface area contributed by atoms with E-state index < -0.39 is 0 Å². The van der Waals surface area contributed by atoms with Gasteiger partial charge < -0.3 is 9.15 Å². The highest BCUT2D eigenvalue weighted by molar-refractivity contribution is 6.31. The van der Waals surface area contributed by atoms with Gasteiger partial charge in [0.05, 0.1) is 17.1 Å². The number of rotatable bonds is 5. The van der Waals surface area contributed by atoms with Crippen LogP contribution in [-0.4, -0.2) is 24.5 Å². The van der Waals surface area contributed by atoms with Crippen molar-refractivity contribution in [1.82, 2.24) is 24.5 Å². The molecule has 0 aliphatic heterocycles. The molecule has 8 nitrogen and oxygen atoms in total. The van der Waals surface area contributed by atoms with Gasteiger partial charge in [0.25, 0.3) is 5.56 Å². The van der Waals surface area contributed by atoms with Gasteiger partial charge in [-0.25, -0.2) is 15.0 Å². The van der Waals surface area contributed by atoms with Gasteiger partial charge in [-0.05, 0) is 31.5 Å². The zero-order valence-electron chi connectivity index (χ0n) is 20.0. The van der Waals surface area contributed by atoms with E-state index in [1.165, 1.54) is 10.8 Å². The minimum Gasteiger partial charge on any atom is -0.485 e. The van der Waals surface area contributed by atoms with Gasteiger partial charge in [-0.3, -0.25) is 14.3 Å². The summed E-state index contributed by atoms with van der Waals surface area (Å²) in [7, 11) is 0. The van der Waals surface area contributed by atoms with Crippen LogP contribution in [0.15, 0.2) is 46.1 Å². The molecular formula is C25H26ClN5O3. The van der Waals surface area contributed by atoms with Crippen molar-refractivity contribution in [3.63, 3.8) is 0 Å². The number of hydrogen-bond acceptors (Lipinski definition) is 7.